The number of nitrogens with zero attached hydrogens (tertiary/aromatic N) is 1. The standard InChI is InChI=1S/C12H12N2.HNO3/c1-3-7-11(8-4-1)13-14-12-9-5-2-6-10-12;2-1(3)4/h1-10,13-14H;(H,2,3,4). The van der Waals surface area contributed by atoms with E-state index in [0.29, 0.717) is 0 Å². The highest BCUT2D eigenvalue weighted by Crippen LogP contribution is 2.08. The fraction of sp³-hybridized carbons (Fsp3) is 0. The van der Waals surface area contributed by atoms with Gasteiger partial charge in [-0.3, -0.25) is 0 Å². The minimum atomic E-state index is -1.50. The Bertz CT molecular complexity index is 419. The molecule has 6 nitrogen and oxygen atoms in total. The average molecular weight is 247 g/mol. The van der Waals surface area contributed by atoms with E-state index in [9.17, 15) is 0 Å². The molecule has 0 bridgehead atoms. The van der Waals surface area contributed by atoms with E-state index in [2.05, 4.69) is 10.9 Å². The first-order valence-corrected chi connectivity index (χ1v) is 5.14. The number of benzene rings is 2. The summed E-state index contributed by atoms with van der Waals surface area (Å²) in [7, 11) is 0. The van der Waals surface area contributed by atoms with Crippen LogP contribution in [0, 0.1) is 10.1 Å². The summed E-state index contributed by atoms with van der Waals surface area (Å²) < 4.78 is 0. The van der Waals surface area contributed by atoms with Gasteiger partial charge in [-0.15, -0.1) is 10.1 Å². The van der Waals surface area contributed by atoms with Gasteiger partial charge in [0.25, 0.3) is 5.09 Å². The Labute approximate surface area is 104 Å². The Hall–Kier alpha value is -2.76. The summed E-state index contributed by atoms with van der Waals surface area (Å²) >= 11 is 0. The molecule has 0 spiro atoms. The molecule has 0 aliphatic heterocycles. The third-order valence-electron chi connectivity index (χ3n) is 1.90. The summed E-state index contributed by atoms with van der Waals surface area (Å²) in [6.45, 7) is 0. The Morgan fingerprint density at radius 1 is 0.833 bits per heavy atom. The van der Waals surface area contributed by atoms with Crippen LogP contribution in [-0.4, -0.2) is 10.3 Å². The number of hydrogen-bond donors (Lipinski definition) is 3. The summed E-state index contributed by atoms with van der Waals surface area (Å²) in [5.41, 5.74) is 8.33. The number of hydrazine groups is 1. The Balaban J connectivity index is 0.000000357. The molecule has 18 heavy (non-hydrogen) atoms. The fourth-order valence-corrected chi connectivity index (χ4v) is 1.19. The van der Waals surface area contributed by atoms with Crippen molar-refractivity contribution in [3.05, 3.63) is 70.8 Å². The molecular formula is C12H13N3O3. The van der Waals surface area contributed by atoms with Gasteiger partial charge in [0.2, 0.25) is 0 Å². The quantitative estimate of drug-likeness (QED) is 0.573. The smallest absolute Gasteiger partial charge is 0.291 e. The second kappa shape index (κ2) is 7.50. The first kappa shape index (κ1) is 13.3. The monoisotopic (exact) mass is 247 g/mol. The first-order chi connectivity index (χ1) is 8.68. The van der Waals surface area contributed by atoms with Crippen LogP contribution in [0.15, 0.2) is 60.7 Å². The van der Waals surface area contributed by atoms with Gasteiger partial charge >= 0.3 is 0 Å². The SMILES string of the molecule is O=[N+]([O-])O.c1ccc(NNc2ccccc2)cc1. The van der Waals surface area contributed by atoms with Crippen molar-refractivity contribution in [1.29, 1.82) is 0 Å². The highest BCUT2D eigenvalue weighted by Gasteiger charge is 1.88. The molecule has 94 valence electrons. The minimum Gasteiger partial charge on any atom is -0.328 e. The third kappa shape index (κ3) is 5.96. The summed E-state index contributed by atoms with van der Waals surface area (Å²) in [4.78, 5) is 8.36. The van der Waals surface area contributed by atoms with Gasteiger partial charge in [-0.05, 0) is 24.3 Å². The lowest BCUT2D eigenvalue weighted by Crippen LogP contribution is -2.07. The summed E-state index contributed by atoms with van der Waals surface area (Å²) in [6.07, 6.45) is 0. The number of hydrogen-bond acceptors (Lipinski definition) is 4. The van der Waals surface area contributed by atoms with Crippen LogP contribution in [-0.2, 0) is 0 Å². The van der Waals surface area contributed by atoms with Gasteiger partial charge in [-0.25, -0.2) is 0 Å². The molecule has 0 heterocycles. The fourth-order valence-electron chi connectivity index (χ4n) is 1.19. The molecule has 0 saturated carbocycles. The van der Waals surface area contributed by atoms with Gasteiger partial charge in [-0.1, -0.05) is 36.4 Å². The number of nitrogens with one attached hydrogen (secondary N) is 2. The molecule has 0 fully saturated rings. The number of para-hydroxylation sites is 2. The van der Waals surface area contributed by atoms with E-state index in [1.165, 1.54) is 0 Å². The second-order valence-corrected chi connectivity index (χ2v) is 3.22. The zero-order valence-corrected chi connectivity index (χ0v) is 9.48. The zero-order chi connectivity index (χ0) is 13.2. The van der Waals surface area contributed by atoms with Crippen molar-refractivity contribution in [1.82, 2.24) is 0 Å². The maximum absolute atomic E-state index is 8.36. The van der Waals surface area contributed by atoms with Crippen molar-refractivity contribution in [2.24, 2.45) is 0 Å². The maximum Gasteiger partial charge on any atom is 0.291 e. The van der Waals surface area contributed by atoms with Crippen LogP contribution < -0.4 is 10.9 Å². The van der Waals surface area contributed by atoms with E-state index >= 15 is 0 Å². The van der Waals surface area contributed by atoms with Crippen LogP contribution in [0.2, 0.25) is 0 Å². The van der Waals surface area contributed by atoms with Gasteiger partial charge in [-0.2, -0.15) is 0 Å². The van der Waals surface area contributed by atoms with Crippen LogP contribution in [0.1, 0.15) is 0 Å². The van der Waals surface area contributed by atoms with Gasteiger partial charge < -0.3 is 16.1 Å². The van der Waals surface area contributed by atoms with Crippen LogP contribution in [0.5, 0.6) is 0 Å². The van der Waals surface area contributed by atoms with Gasteiger partial charge in [0, 0.05) is 0 Å². The molecule has 0 aliphatic rings. The van der Waals surface area contributed by atoms with E-state index in [1.807, 2.05) is 60.7 Å². The highest BCUT2D eigenvalue weighted by atomic mass is 16.9. The largest absolute Gasteiger partial charge is 0.328 e. The molecule has 2 aromatic rings. The van der Waals surface area contributed by atoms with Crippen LogP contribution in [0.4, 0.5) is 11.4 Å². The minimum absolute atomic E-state index is 1.05. The van der Waals surface area contributed by atoms with Crippen molar-refractivity contribution in [2.75, 3.05) is 10.9 Å². The molecule has 0 unspecified atom stereocenters. The lowest BCUT2D eigenvalue weighted by molar-refractivity contribution is -0.742. The number of anilines is 2. The Morgan fingerprint density at radius 3 is 1.39 bits per heavy atom. The van der Waals surface area contributed by atoms with Crippen molar-refractivity contribution >= 4 is 11.4 Å². The molecule has 6 heteroatoms. The second-order valence-electron chi connectivity index (χ2n) is 3.22. The molecular weight excluding hydrogens is 234 g/mol. The molecule has 0 aliphatic carbocycles. The maximum atomic E-state index is 8.36. The lowest BCUT2D eigenvalue weighted by Gasteiger charge is -2.08. The Kier molecular flexibility index (Phi) is 5.55. The molecule has 0 amide bonds. The molecule has 0 radical (unpaired) electrons. The van der Waals surface area contributed by atoms with E-state index in [0.717, 1.165) is 11.4 Å². The number of rotatable bonds is 3. The van der Waals surface area contributed by atoms with Crippen LogP contribution in [0.3, 0.4) is 0 Å². The first-order valence-electron chi connectivity index (χ1n) is 5.14. The molecule has 0 atom stereocenters. The van der Waals surface area contributed by atoms with Gasteiger partial charge in [0.05, 0.1) is 11.4 Å². The summed E-state index contributed by atoms with van der Waals surface area (Å²) in [6, 6.07) is 20.0. The summed E-state index contributed by atoms with van der Waals surface area (Å²) in [5, 5.41) is 13.6. The highest BCUT2D eigenvalue weighted by molar-refractivity contribution is 5.51. The predicted octanol–water partition coefficient (Wildman–Crippen LogP) is 2.78. The topological polar surface area (TPSA) is 87.4 Å². The summed E-state index contributed by atoms with van der Waals surface area (Å²) in [5.74, 6) is 0. The van der Waals surface area contributed by atoms with E-state index in [-0.39, 0.29) is 0 Å². The molecule has 2 rings (SSSR count). The van der Waals surface area contributed by atoms with Gasteiger partial charge in [0.15, 0.2) is 0 Å². The van der Waals surface area contributed by atoms with Crippen molar-refractivity contribution in [3.8, 4) is 0 Å². The third-order valence-corrected chi connectivity index (χ3v) is 1.90. The zero-order valence-electron chi connectivity index (χ0n) is 9.48. The predicted molar refractivity (Wildman–Crippen MR) is 68.9 cm³/mol. The van der Waals surface area contributed by atoms with E-state index < -0.39 is 5.09 Å². The van der Waals surface area contributed by atoms with Crippen molar-refractivity contribution in [3.63, 3.8) is 0 Å². The normalized spacial score (nSPS) is 8.67. The molecule has 2 aromatic carbocycles. The lowest BCUT2D eigenvalue weighted by atomic mass is 10.3. The van der Waals surface area contributed by atoms with Crippen LogP contribution >= 0.6 is 0 Å². The van der Waals surface area contributed by atoms with Gasteiger partial charge in [0.1, 0.15) is 0 Å². The average Bonchev–Trinajstić information content (AvgIpc) is 2.38. The van der Waals surface area contributed by atoms with Crippen molar-refractivity contribution in [2.45, 2.75) is 0 Å². The van der Waals surface area contributed by atoms with E-state index in [4.69, 9.17) is 15.3 Å². The molecule has 0 aromatic heterocycles. The van der Waals surface area contributed by atoms with Crippen LogP contribution in [0.25, 0.3) is 0 Å². The molecule has 0 saturated heterocycles. The van der Waals surface area contributed by atoms with E-state index in [1.54, 1.807) is 0 Å². The Morgan fingerprint density at radius 2 is 1.11 bits per heavy atom. The van der Waals surface area contributed by atoms with Crippen molar-refractivity contribution < 1.29 is 10.3 Å². The molecule has 3 N–H and O–H groups in total.